The molecule has 0 radical (unpaired) electrons. The Morgan fingerprint density at radius 2 is 0.895 bits per heavy atom. The number of carboxylic acids is 2. The molecule has 0 fully saturated rings. The Hall–Kier alpha value is -1.89. The first kappa shape index (κ1) is 22.3. The predicted molar refractivity (Wildman–Crippen MR) is 50.6 cm³/mol. The molecular formula is C10H10NiO8. The van der Waals surface area contributed by atoms with Gasteiger partial charge in [0, 0.05) is 0 Å². The molecule has 9 heteroatoms. The minimum atomic E-state index is -1.80. The quantitative estimate of drug-likeness (QED) is 0.279. The Kier molecular flexibility index (Phi) is 13.2. The molecule has 0 atom stereocenters. The molecule has 0 amide bonds. The molecule has 0 unspecified atom stereocenters. The molecule has 0 rings (SSSR count). The summed E-state index contributed by atoms with van der Waals surface area (Å²) in [7, 11) is 0. The molecule has 0 bridgehead atoms. The minimum Gasteiger partial charge on any atom is -0.542 e. The summed E-state index contributed by atoms with van der Waals surface area (Å²) in [5.41, 5.74) is 0. The Morgan fingerprint density at radius 3 is 0.947 bits per heavy atom. The molecule has 0 N–H and O–H groups in total. The molecular weight excluding hydrogens is 307 g/mol. The number of Topliss-reactive ketones (excluding diaryl/α,β-unsaturated/α-hetero) is 4. The number of hydrogen-bond donors (Lipinski definition) is 0. The van der Waals surface area contributed by atoms with Crippen molar-refractivity contribution in [2.24, 2.45) is 0 Å². The summed E-state index contributed by atoms with van der Waals surface area (Å²) in [6, 6.07) is 0. The average molecular weight is 317 g/mol. The number of rotatable bonds is 6. The summed E-state index contributed by atoms with van der Waals surface area (Å²) in [5.74, 6) is -6.87. The fourth-order valence-corrected chi connectivity index (χ4v) is 0.597. The normalized spacial score (nSPS) is 8.11. The van der Waals surface area contributed by atoms with Gasteiger partial charge in [0.15, 0.2) is 11.6 Å². The van der Waals surface area contributed by atoms with Crippen LogP contribution in [0.4, 0.5) is 0 Å². The van der Waals surface area contributed by atoms with Crippen LogP contribution in [0.25, 0.3) is 0 Å². The van der Waals surface area contributed by atoms with E-state index in [1.807, 2.05) is 0 Å². The van der Waals surface area contributed by atoms with E-state index in [1.54, 1.807) is 0 Å². The van der Waals surface area contributed by atoms with Gasteiger partial charge in [-0.15, -0.1) is 0 Å². The largest absolute Gasteiger partial charge is 2.00 e. The van der Waals surface area contributed by atoms with Crippen molar-refractivity contribution in [3.05, 3.63) is 0 Å². The first-order valence-corrected chi connectivity index (χ1v) is 4.55. The third-order valence-corrected chi connectivity index (χ3v) is 1.27. The van der Waals surface area contributed by atoms with Crippen molar-refractivity contribution in [2.75, 3.05) is 0 Å². The molecule has 8 nitrogen and oxygen atoms in total. The van der Waals surface area contributed by atoms with E-state index in [9.17, 15) is 39.0 Å². The van der Waals surface area contributed by atoms with E-state index in [0.717, 1.165) is 13.8 Å². The van der Waals surface area contributed by atoms with Crippen LogP contribution in [-0.4, -0.2) is 35.1 Å². The van der Waals surface area contributed by atoms with Crippen LogP contribution in [0.3, 0.4) is 0 Å². The van der Waals surface area contributed by atoms with Gasteiger partial charge in [0.2, 0.25) is 0 Å². The standard InChI is InChI=1S/2C5H6O4.Ni/c2*1-3(6)2-4(7)5(8)9;/h2*2H2,1H3,(H,8,9);/q;;+2/p-2. The third-order valence-electron chi connectivity index (χ3n) is 1.27. The van der Waals surface area contributed by atoms with Gasteiger partial charge in [-0.05, 0) is 13.8 Å². The molecule has 19 heavy (non-hydrogen) atoms. The van der Waals surface area contributed by atoms with Crippen LogP contribution in [0, 0.1) is 0 Å². The maximum absolute atomic E-state index is 10.1. The van der Waals surface area contributed by atoms with E-state index in [0.29, 0.717) is 0 Å². The van der Waals surface area contributed by atoms with Crippen LogP contribution in [0.2, 0.25) is 0 Å². The first-order valence-electron chi connectivity index (χ1n) is 4.55. The number of carbonyl (C=O) groups excluding carboxylic acids is 6. The summed E-state index contributed by atoms with van der Waals surface area (Å²) in [6.07, 6.45) is -1.13. The van der Waals surface area contributed by atoms with Crippen LogP contribution in [0.5, 0.6) is 0 Å². The zero-order valence-corrected chi connectivity index (χ0v) is 11.0. The molecule has 0 aromatic rings. The smallest absolute Gasteiger partial charge is 0.542 e. The Bertz CT molecular complexity index is 360. The SMILES string of the molecule is CC(=O)CC(=O)C(=O)[O-].CC(=O)CC(=O)C(=O)[O-].[Ni+2]. The average Bonchev–Trinajstić information content (AvgIpc) is 2.16. The topological polar surface area (TPSA) is 149 Å². The minimum absolute atomic E-state index is 0. The van der Waals surface area contributed by atoms with Crippen molar-refractivity contribution >= 4 is 35.1 Å². The molecule has 0 saturated carbocycles. The molecule has 0 aromatic heterocycles. The second-order valence-electron chi connectivity index (χ2n) is 3.18. The van der Waals surface area contributed by atoms with E-state index in [4.69, 9.17) is 0 Å². The molecule has 0 aliphatic heterocycles. The maximum atomic E-state index is 10.1. The first-order chi connectivity index (χ1) is 8.07. The van der Waals surface area contributed by atoms with Crippen LogP contribution in [0.15, 0.2) is 0 Å². The Labute approximate surface area is 118 Å². The van der Waals surface area contributed by atoms with Crippen molar-refractivity contribution in [2.45, 2.75) is 26.7 Å². The summed E-state index contributed by atoms with van der Waals surface area (Å²) in [4.78, 5) is 59.5. The van der Waals surface area contributed by atoms with E-state index < -0.39 is 47.9 Å². The zero-order valence-electron chi connectivity index (χ0n) is 10.00. The zero-order chi connectivity index (χ0) is 14.9. The summed E-state index contributed by atoms with van der Waals surface area (Å²) < 4.78 is 0. The fourth-order valence-electron chi connectivity index (χ4n) is 0.597. The van der Waals surface area contributed by atoms with E-state index >= 15 is 0 Å². The van der Waals surface area contributed by atoms with Crippen LogP contribution in [-0.2, 0) is 45.3 Å². The number of aliphatic carboxylic acids is 2. The second kappa shape index (κ2) is 11.2. The number of hydrogen-bond acceptors (Lipinski definition) is 8. The van der Waals surface area contributed by atoms with E-state index in [1.165, 1.54) is 0 Å². The summed E-state index contributed by atoms with van der Waals surface area (Å²) >= 11 is 0. The molecule has 0 aliphatic carbocycles. The number of carbonyl (C=O) groups is 6. The Balaban J connectivity index is -0.000000256. The molecule has 0 spiro atoms. The van der Waals surface area contributed by atoms with Crippen LogP contribution in [0.1, 0.15) is 26.7 Å². The van der Waals surface area contributed by atoms with Gasteiger partial charge in [-0.2, -0.15) is 0 Å². The Morgan fingerprint density at radius 1 is 0.684 bits per heavy atom. The maximum Gasteiger partial charge on any atom is 2.00 e. The van der Waals surface area contributed by atoms with Gasteiger partial charge >= 0.3 is 16.5 Å². The van der Waals surface area contributed by atoms with Crippen LogP contribution >= 0.6 is 0 Å². The van der Waals surface area contributed by atoms with Crippen molar-refractivity contribution in [1.29, 1.82) is 0 Å². The van der Waals surface area contributed by atoms with E-state index in [-0.39, 0.29) is 16.5 Å². The van der Waals surface area contributed by atoms with Gasteiger partial charge in [-0.25, -0.2) is 0 Å². The number of ketones is 4. The second-order valence-corrected chi connectivity index (χ2v) is 3.18. The predicted octanol–water partition coefficient (Wildman–Crippen LogP) is -3.43. The van der Waals surface area contributed by atoms with Gasteiger partial charge in [0.25, 0.3) is 0 Å². The van der Waals surface area contributed by atoms with Crippen molar-refractivity contribution in [3.8, 4) is 0 Å². The van der Waals surface area contributed by atoms with Gasteiger partial charge in [-0.1, -0.05) is 0 Å². The van der Waals surface area contributed by atoms with Crippen molar-refractivity contribution < 1.29 is 55.5 Å². The molecule has 0 aromatic carbocycles. The fraction of sp³-hybridized carbons (Fsp3) is 0.400. The molecule has 0 saturated heterocycles. The molecule has 0 aliphatic rings. The van der Waals surface area contributed by atoms with Crippen molar-refractivity contribution in [3.63, 3.8) is 0 Å². The van der Waals surface area contributed by atoms with E-state index in [2.05, 4.69) is 0 Å². The van der Waals surface area contributed by atoms with Gasteiger partial charge in [0.05, 0.1) is 12.8 Å². The molecule has 0 heterocycles. The van der Waals surface area contributed by atoms with Gasteiger partial charge < -0.3 is 19.8 Å². The summed E-state index contributed by atoms with van der Waals surface area (Å²) in [5, 5.41) is 19.2. The van der Waals surface area contributed by atoms with Gasteiger partial charge in [0.1, 0.15) is 23.5 Å². The van der Waals surface area contributed by atoms with Gasteiger partial charge in [-0.3, -0.25) is 19.2 Å². The van der Waals surface area contributed by atoms with Crippen LogP contribution < -0.4 is 10.2 Å². The van der Waals surface area contributed by atoms with Crippen molar-refractivity contribution in [1.82, 2.24) is 0 Å². The monoisotopic (exact) mass is 316 g/mol. The molecule has 108 valence electrons. The third kappa shape index (κ3) is 16.1. The number of carboxylic acid groups (broad SMARTS) is 2. The summed E-state index contributed by atoms with van der Waals surface area (Å²) in [6.45, 7) is 2.28.